The highest BCUT2D eigenvalue weighted by Crippen LogP contribution is 2.18. The molecule has 19 heavy (non-hydrogen) atoms. The lowest BCUT2D eigenvalue weighted by atomic mass is 10.2. The van der Waals surface area contributed by atoms with E-state index in [0.29, 0.717) is 0 Å². The minimum Gasteiger partial charge on any atom is -0.493 e. The quantitative estimate of drug-likeness (QED) is 0.695. The van der Waals surface area contributed by atoms with Crippen LogP contribution in [0.15, 0.2) is 12.3 Å². The average molecular weight is 265 g/mol. The molecule has 0 spiro atoms. The van der Waals surface area contributed by atoms with Crippen molar-refractivity contribution in [2.24, 2.45) is 0 Å². The molecule has 108 valence electrons. The van der Waals surface area contributed by atoms with Crippen molar-refractivity contribution >= 4 is 0 Å². The second-order valence-corrected chi connectivity index (χ2v) is 5.12. The summed E-state index contributed by atoms with van der Waals surface area (Å²) in [7, 11) is 4.16. The Morgan fingerprint density at radius 1 is 1.37 bits per heavy atom. The topological polar surface area (TPSA) is 37.4 Å². The van der Waals surface area contributed by atoms with E-state index >= 15 is 0 Å². The van der Waals surface area contributed by atoms with Crippen LogP contribution in [0.3, 0.4) is 0 Å². The van der Waals surface area contributed by atoms with Crippen LogP contribution in [0.4, 0.5) is 0 Å². The van der Waals surface area contributed by atoms with Gasteiger partial charge in [0.15, 0.2) is 0 Å². The summed E-state index contributed by atoms with van der Waals surface area (Å²) in [6.07, 6.45) is 4.09. The number of hydrogen-bond acceptors (Lipinski definition) is 4. The van der Waals surface area contributed by atoms with E-state index in [9.17, 15) is 0 Å². The highest BCUT2D eigenvalue weighted by Gasteiger charge is 2.05. The molecular weight excluding hydrogens is 238 g/mol. The average Bonchev–Trinajstić information content (AvgIpc) is 2.37. The molecule has 1 aromatic heterocycles. The van der Waals surface area contributed by atoms with Crippen LogP contribution < -0.4 is 10.1 Å². The summed E-state index contributed by atoms with van der Waals surface area (Å²) in [6.45, 7) is 7.81. The summed E-state index contributed by atoms with van der Waals surface area (Å²) in [6, 6.07) is 2.03. The van der Waals surface area contributed by atoms with Gasteiger partial charge >= 0.3 is 0 Å². The first-order valence-corrected chi connectivity index (χ1v) is 7.07. The zero-order valence-corrected chi connectivity index (χ0v) is 12.7. The van der Waals surface area contributed by atoms with E-state index in [1.54, 1.807) is 0 Å². The molecule has 0 amide bonds. The highest BCUT2D eigenvalue weighted by atomic mass is 16.5. The molecule has 0 unspecified atom stereocenters. The Hall–Kier alpha value is -1.13. The molecule has 0 radical (unpaired) electrons. The molecule has 0 aromatic carbocycles. The molecule has 1 rings (SSSR count). The third-order valence-corrected chi connectivity index (χ3v) is 2.83. The Labute approximate surface area is 117 Å². The lowest BCUT2D eigenvalue weighted by Crippen LogP contribution is -2.17. The predicted octanol–water partition coefficient (Wildman–Crippen LogP) is 2.22. The van der Waals surface area contributed by atoms with E-state index in [2.05, 4.69) is 36.2 Å². The summed E-state index contributed by atoms with van der Waals surface area (Å²) >= 11 is 0. The molecule has 1 heterocycles. The first-order valence-electron chi connectivity index (χ1n) is 7.07. The molecule has 1 aromatic rings. The van der Waals surface area contributed by atoms with Gasteiger partial charge in [-0.05, 0) is 40.4 Å². The Bertz CT molecular complexity index is 366. The summed E-state index contributed by atoms with van der Waals surface area (Å²) in [5, 5.41) is 3.39. The van der Waals surface area contributed by atoms with Gasteiger partial charge in [-0.25, -0.2) is 0 Å². The molecular formula is C15H27N3O. The molecule has 0 aliphatic heterocycles. The fourth-order valence-corrected chi connectivity index (χ4v) is 1.79. The lowest BCUT2D eigenvalue weighted by Gasteiger charge is -2.14. The third-order valence-electron chi connectivity index (χ3n) is 2.83. The molecule has 0 saturated carbocycles. The molecule has 0 bridgehead atoms. The SMILES string of the molecule is CCCNCc1cnc(C)cc1OCCCN(C)C. The molecule has 1 N–H and O–H groups in total. The van der Waals surface area contributed by atoms with Gasteiger partial charge in [0, 0.05) is 36.6 Å². The first-order chi connectivity index (χ1) is 9.13. The van der Waals surface area contributed by atoms with Gasteiger partial charge < -0.3 is 15.0 Å². The molecule has 0 aliphatic carbocycles. The van der Waals surface area contributed by atoms with Crippen molar-refractivity contribution in [2.75, 3.05) is 33.8 Å². The van der Waals surface area contributed by atoms with Gasteiger partial charge in [0.2, 0.25) is 0 Å². The number of aromatic nitrogens is 1. The number of ether oxygens (including phenoxy) is 1. The largest absolute Gasteiger partial charge is 0.493 e. The van der Waals surface area contributed by atoms with Gasteiger partial charge in [0.05, 0.1) is 6.61 Å². The Morgan fingerprint density at radius 2 is 2.16 bits per heavy atom. The molecule has 0 atom stereocenters. The fourth-order valence-electron chi connectivity index (χ4n) is 1.79. The van der Waals surface area contributed by atoms with Crippen LogP contribution in [0.1, 0.15) is 31.0 Å². The van der Waals surface area contributed by atoms with Crippen molar-refractivity contribution < 1.29 is 4.74 Å². The monoisotopic (exact) mass is 265 g/mol. The van der Waals surface area contributed by atoms with Crippen LogP contribution in [0, 0.1) is 6.92 Å². The standard InChI is InChI=1S/C15H27N3O/c1-5-7-16-11-14-12-17-13(2)10-15(14)19-9-6-8-18(3)4/h10,12,16H,5-9,11H2,1-4H3. The second kappa shape index (κ2) is 8.88. The Balaban J connectivity index is 2.50. The summed E-state index contributed by atoms with van der Waals surface area (Å²) < 4.78 is 5.89. The summed E-state index contributed by atoms with van der Waals surface area (Å²) in [5.41, 5.74) is 2.14. The van der Waals surface area contributed by atoms with Gasteiger partial charge in [-0.3, -0.25) is 4.98 Å². The molecule has 0 saturated heterocycles. The molecule has 4 heteroatoms. The van der Waals surface area contributed by atoms with Crippen molar-refractivity contribution in [3.05, 3.63) is 23.5 Å². The van der Waals surface area contributed by atoms with Crippen molar-refractivity contribution in [1.82, 2.24) is 15.2 Å². The van der Waals surface area contributed by atoms with Crippen LogP contribution in [-0.2, 0) is 6.54 Å². The number of rotatable bonds is 9. The number of pyridine rings is 1. The van der Waals surface area contributed by atoms with Crippen molar-refractivity contribution in [3.63, 3.8) is 0 Å². The number of nitrogens with zero attached hydrogens (tertiary/aromatic N) is 2. The van der Waals surface area contributed by atoms with Crippen LogP contribution in [0.5, 0.6) is 5.75 Å². The fraction of sp³-hybridized carbons (Fsp3) is 0.667. The lowest BCUT2D eigenvalue weighted by molar-refractivity contribution is 0.278. The zero-order chi connectivity index (χ0) is 14.1. The Kier molecular flexibility index (Phi) is 7.45. The number of aryl methyl sites for hydroxylation is 1. The predicted molar refractivity (Wildman–Crippen MR) is 79.6 cm³/mol. The van der Waals surface area contributed by atoms with Crippen molar-refractivity contribution in [2.45, 2.75) is 33.2 Å². The number of hydrogen-bond donors (Lipinski definition) is 1. The van der Waals surface area contributed by atoms with Crippen molar-refractivity contribution in [1.29, 1.82) is 0 Å². The van der Waals surface area contributed by atoms with Gasteiger partial charge in [-0.15, -0.1) is 0 Å². The number of nitrogens with one attached hydrogen (secondary N) is 1. The van der Waals surface area contributed by atoms with Gasteiger partial charge in [0.1, 0.15) is 5.75 Å². The summed E-state index contributed by atoms with van der Waals surface area (Å²) in [5.74, 6) is 0.967. The minimum absolute atomic E-state index is 0.752. The van der Waals surface area contributed by atoms with Crippen LogP contribution in [0.2, 0.25) is 0 Å². The Morgan fingerprint density at radius 3 is 2.84 bits per heavy atom. The zero-order valence-electron chi connectivity index (χ0n) is 12.7. The van der Waals surface area contributed by atoms with E-state index in [1.807, 2.05) is 19.2 Å². The molecule has 0 aliphatic rings. The minimum atomic E-state index is 0.752. The van der Waals surface area contributed by atoms with Gasteiger partial charge in [-0.2, -0.15) is 0 Å². The van der Waals surface area contributed by atoms with E-state index in [0.717, 1.165) is 56.1 Å². The van der Waals surface area contributed by atoms with Crippen molar-refractivity contribution in [3.8, 4) is 5.75 Å². The van der Waals surface area contributed by atoms with E-state index in [1.165, 1.54) is 0 Å². The van der Waals surface area contributed by atoms with Gasteiger partial charge in [-0.1, -0.05) is 6.92 Å². The van der Waals surface area contributed by atoms with Gasteiger partial charge in [0.25, 0.3) is 0 Å². The molecule has 0 fully saturated rings. The van der Waals surface area contributed by atoms with Crippen LogP contribution in [0.25, 0.3) is 0 Å². The third kappa shape index (κ3) is 6.55. The van der Waals surface area contributed by atoms with E-state index in [4.69, 9.17) is 4.74 Å². The maximum absolute atomic E-state index is 5.89. The van der Waals surface area contributed by atoms with Crippen LogP contribution in [-0.4, -0.2) is 43.7 Å². The second-order valence-electron chi connectivity index (χ2n) is 5.12. The van der Waals surface area contributed by atoms with E-state index < -0.39 is 0 Å². The molecule has 4 nitrogen and oxygen atoms in total. The smallest absolute Gasteiger partial charge is 0.127 e. The normalized spacial score (nSPS) is 11.0. The maximum Gasteiger partial charge on any atom is 0.127 e. The highest BCUT2D eigenvalue weighted by molar-refractivity contribution is 5.32. The maximum atomic E-state index is 5.89. The van der Waals surface area contributed by atoms with Crippen LogP contribution >= 0.6 is 0 Å². The van der Waals surface area contributed by atoms with E-state index in [-0.39, 0.29) is 0 Å². The first kappa shape index (κ1) is 15.9. The summed E-state index contributed by atoms with van der Waals surface area (Å²) in [4.78, 5) is 6.52.